The first-order chi connectivity index (χ1) is 9.86. The summed E-state index contributed by atoms with van der Waals surface area (Å²) in [6.07, 6.45) is 8.19. The predicted octanol–water partition coefficient (Wildman–Crippen LogP) is 3.23. The average Bonchev–Trinajstić information content (AvgIpc) is 3.13. The van der Waals surface area contributed by atoms with Gasteiger partial charge in [-0.05, 0) is 68.5 Å². The third kappa shape index (κ3) is 1.78. The first kappa shape index (κ1) is 14.0. The molecule has 0 heterocycles. The molecular formula is C17H26O3Si. The lowest BCUT2D eigenvalue weighted by atomic mass is 9.67. The van der Waals surface area contributed by atoms with Gasteiger partial charge in [0.25, 0.3) is 0 Å². The number of fused-ring (bicyclic) bond motifs is 9. The van der Waals surface area contributed by atoms with Crippen LogP contribution in [0.15, 0.2) is 12.2 Å². The molecule has 4 heteroatoms. The summed E-state index contributed by atoms with van der Waals surface area (Å²) < 4.78 is 11.7. The van der Waals surface area contributed by atoms with Crippen molar-refractivity contribution in [1.82, 2.24) is 0 Å². The molecule has 4 bridgehead atoms. The molecule has 0 aromatic carbocycles. The van der Waals surface area contributed by atoms with E-state index in [2.05, 4.69) is 31.8 Å². The van der Waals surface area contributed by atoms with Crippen molar-refractivity contribution in [2.45, 2.75) is 44.5 Å². The smallest absolute Gasteiger partial charge is 0.325 e. The Bertz CT molecular complexity index is 509. The Hall–Kier alpha value is -0.613. The Morgan fingerprint density at radius 1 is 1.14 bits per heavy atom. The highest BCUT2D eigenvalue weighted by molar-refractivity contribution is 6.71. The summed E-state index contributed by atoms with van der Waals surface area (Å²) >= 11 is 0. The molecule has 0 spiro atoms. The molecule has 4 rings (SSSR count). The normalized spacial score (nSPS) is 49.7. The molecule has 0 N–H and O–H groups in total. The van der Waals surface area contributed by atoms with E-state index >= 15 is 0 Å². The summed E-state index contributed by atoms with van der Waals surface area (Å²) in [5, 5.41) is 0. The van der Waals surface area contributed by atoms with Crippen molar-refractivity contribution in [1.29, 1.82) is 0 Å². The zero-order valence-corrected chi connectivity index (χ0v) is 14.5. The number of carbonyl (C=O) groups is 1. The monoisotopic (exact) mass is 306 g/mol. The summed E-state index contributed by atoms with van der Waals surface area (Å²) in [4.78, 5) is 12.9. The molecule has 4 aliphatic carbocycles. The lowest BCUT2D eigenvalue weighted by molar-refractivity contribution is -0.172. The Labute approximate surface area is 128 Å². The zero-order valence-electron chi connectivity index (χ0n) is 13.5. The third-order valence-electron chi connectivity index (χ3n) is 6.42. The van der Waals surface area contributed by atoms with Crippen LogP contribution in [0, 0.1) is 35.5 Å². The van der Waals surface area contributed by atoms with Crippen molar-refractivity contribution in [3.63, 3.8) is 0 Å². The second-order valence-corrected chi connectivity index (χ2v) is 12.9. The second kappa shape index (κ2) is 4.22. The van der Waals surface area contributed by atoms with E-state index in [-0.39, 0.29) is 5.97 Å². The van der Waals surface area contributed by atoms with E-state index in [1.807, 2.05) is 0 Å². The zero-order chi connectivity index (χ0) is 15.0. The van der Waals surface area contributed by atoms with E-state index in [1.165, 1.54) is 12.8 Å². The highest BCUT2D eigenvalue weighted by Gasteiger charge is 2.69. The number of carbonyl (C=O) groups excluding carboxylic acids is 1. The minimum atomic E-state index is -1.87. The highest BCUT2D eigenvalue weighted by Crippen LogP contribution is 2.68. The van der Waals surface area contributed by atoms with Gasteiger partial charge in [-0.25, -0.2) is 0 Å². The number of hydrogen-bond donors (Lipinski definition) is 0. The topological polar surface area (TPSA) is 35.5 Å². The van der Waals surface area contributed by atoms with Crippen LogP contribution in [0.1, 0.15) is 19.3 Å². The SMILES string of the molecule is COC1(C(=O)O[Si](C)(C)C)CC2CC1C1C3C=CC(C3)C21. The lowest BCUT2D eigenvalue weighted by Gasteiger charge is -2.43. The highest BCUT2D eigenvalue weighted by atomic mass is 28.4. The number of hydrogen-bond acceptors (Lipinski definition) is 3. The van der Waals surface area contributed by atoms with Crippen LogP contribution in [0.25, 0.3) is 0 Å². The van der Waals surface area contributed by atoms with Gasteiger partial charge < -0.3 is 9.16 Å². The molecule has 3 fully saturated rings. The summed E-state index contributed by atoms with van der Waals surface area (Å²) in [5.74, 6) is 3.90. The second-order valence-electron chi connectivity index (χ2n) is 8.50. The predicted molar refractivity (Wildman–Crippen MR) is 83.1 cm³/mol. The van der Waals surface area contributed by atoms with Gasteiger partial charge in [0.15, 0.2) is 5.60 Å². The molecule has 7 atom stereocenters. The quantitative estimate of drug-likeness (QED) is 0.456. The van der Waals surface area contributed by atoms with Gasteiger partial charge in [-0.3, -0.25) is 4.79 Å². The standard InChI is InChI=1S/C17H26O3Si/c1-19-17(16(18)20-21(2,3)4)9-12-8-13(17)15-11-6-5-10(7-11)14(12)15/h5-6,10-15H,7-9H2,1-4H3. The van der Waals surface area contributed by atoms with E-state index in [1.54, 1.807) is 7.11 Å². The van der Waals surface area contributed by atoms with Crippen LogP contribution in [0.3, 0.4) is 0 Å². The fourth-order valence-electron chi connectivity index (χ4n) is 5.95. The van der Waals surface area contributed by atoms with Crippen LogP contribution in [0.2, 0.25) is 19.6 Å². The van der Waals surface area contributed by atoms with Crippen LogP contribution in [-0.4, -0.2) is 27.0 Å². The Morgan fingerprint density at radius 3 is 2.43 bits per heavy atom. The van der Waals surface area contributed by atoms with Crippen LogP contribution in [0.4, 0.5) is 0 Å². The van der Waals surface area contributed by atoms with Crippen LogP contribution in [0.5, 0.6) is 0 Å². The first-order valence-electron chi connectivity index (χ1n) is 8.32. The fraction of sp³-hybridized carbons (Fsp3) is 0.824. The van der Waals surface area contributed by atoms with Crippen molar-refractivity contribution in [3.05, 3.63) is 12.2 Å². The number of rotatable bonds is 3. The maximum absolute atomic E-state index is 12.9. The molecule has 116 valence electrons. The van der Waals surface area contributed by atoms with E-state index in [0.29, 0.717) is 23.7 Å². The van der Waals surface area contributed by atoms with Crippen LogP contribution >= 0.6 is 0 Å². The summed E-state index contributed by atoms with van der Waals surface area (Å²) in [6.45, 7) is 6.22. The fourth-order valence-corrected chi connectivity index (χ4v) is 6.68. The molecule has 21 heavy (non-hydrogen) atoms. The van der Waals surface area contributed by atoms with Crippen LogP contribution < -0.4 is 0 Å². The molecule has 7 unspecified atom stereocenters. The van der Waals surface area contributed by atoms with Gasteiger partial charge in [-0.2, -0.15) is 0 Å². The minimum absolute atomic E-state index is 0.0677. The molecule has 0 aromatic rings. The van der Waals surface area contributed by atoms with Crippen molar-refractivity contribution in [2.75, 3.05) is 7.11 Å². The van der Waals surface area contributed by atoms with E-state index in [0.717, 1.165) is 18.3 Å². The van der Waals surface area contributed by atoms with Crippen molar-refractivity contribution >= 4 is 14.3 Å². The maximum Gasteiger partial charge on any atom is 0.325 e. The molecule has 3 nitrogen and oxygen atoms in total. The van der Waals surface area contributed by atoms with E-state index in [4.69, 9.17) is 9.16 Å². The molecule has 0 aromatic heterocycles. The average molecular weight is 306 g/mol. The number of ether oxygens (including phenoxy) is 1. The van der Waals surface area contributed by atoms with Crippen molar-refractivity contribution in [2.24, 2.45) is 35.5 Å². The first-order valence-corrected chi connectivity index (χ1v) is 11.7. The Balaban J connectivity index is 1.64. The Kier molecular flexibility index (Phi) is 2.82. The van der Waals surface area contributed by atoms with Gasteiger partial charge in [-0.15, -0.1) is 0 Å². The number of methoxy groups -OCH3 is 1. The molecule has 0 radical (unpaired) electrons. The van der Waals surface area contributed by atoms with Gasteiger partial charge >= 0.3 is 5.97 Å². The Morgan fingerprint density at radius 2 is 1.81 bits per heavy atom. The molecule has 4 aliphatic rings. The van der Waals surface area contributed by atoms with Crippen molar-refractivity contribution in [3.8, 4) is 0 Å². The molecular weight excluding hydrogens is 280 g/mol. The van der Waals surface area contributed by atoms with Gasteiger partial charge in [0.1, 0.15) is 0 Å². The third-order valence-corrected chi connectivity index (χ3v) is 7.22. The van der Waals surface area contributed by atoms with E-state index in [9.17, 15) is 4.79 Å². The maximum atomic E-state index is 12.9. The van der Waals surface area contributed by atoms with Gasteiger partial charge in [0.2, 0.25) is 8.32 Å². The summed E-state index contributed by atoms with van der Waals surface area (Å²) in [5.41, 5.74) is -0.648. The minimum Gasteiger partial charge on any atom is -0.518 e. The lowest BCUT2D eigenvalue weighted by Crippen LogP contribution is -2.54. The van der Waals surface area contributed by atoms with Gasteiger partial charge in [-0.1, -0.05) is 12.2 Å². The van der Waals surface area contributed by atoms with Crippen molar-refractivity contribution < 1.29 is 14.0 Å². The van der Waals surface area contributed by atoms with Gasteiger partial charge in [0, 0.05) is 13.0 Å². The molecule has 0 amide bonds. The van der Waals surface area contributed by atoms with Crippen LogP contribution in [-0.2, 0) is 14.0 Å². The largest absolute Gasteiger partial charge is 0.518 e. The summed E-state index contributed by atoms with van der Waals surface area (Å²) in [6, 6.07) is 0. The van der Waals surface area contributed by atoms with E-state index < -0.39 is 13.9 Å². The molecule has 0 aliphatic heterocycles. The summed E-state index contributed by atoms with van der Waals surface area (Å²) in [7, 11) is -0.160. The molecule has 3 saturated carbocycles. The van der Waals surface area contributed by atoms with Gasteiger partial charge in [0.05, 0.1) is 0 Å². The number of allylic oxidation sites excluding steroid dienone is 2. The molecule has 0 saturated heterocycles.